The van der Waals surface area contributed by atoms with E-state index in [1.165, 1.54) is 12.1 Å². The SMILES string of the molecule is C[C@H](c1ccccc1)N(Cc1ccccc1)C(CC(=O)O)c1cccc(-c2cccc(F)c2F)c1. The van der Waals surface area contributed by atoms with E-state index in [9.17, 15) is 18.7 Å². The highest BCUT2D eigenvalue weighted by atomic mass is 19.2. The average molecular weight is 472 g/mol. The first-order valence-corrected chi connectivity index (χ1v) is 11.5. The number of aliphatic carboxylic acids is 1. The summed E-state index contributed by atoms with van der Waals surface area (Å²) in [6.45, 7) is 2.58. The fourth-order valence-corrected chi connectivity index (χ4v) is 4.47. The Morgan fingerprint density at radius 1 is 0.829 bits per heavy atom. The van der Waals surface area contributed by atoms with E-state index in [1.807, 2.05) is 66.7 Å². The molecule has 0 fully saturated rings. The van der Waals surface area contributed by atoms with E-state index in [1.54, 1.807) is 18.2 Å². The first-order chi connectivity index (χ1) is 16.9. The molecule has 0 radical (unpaired) electrons. The second-order valence-electron chi connectivity index (χ2n) is 8.59. The fourth-order valence-electron chi connectivity index (χ4n) is 4.47. The molecular weight excluding hydrogens is 444 g/mol. The van der Waals surface area contributed by atoms with Crippen molar-refractivity contribution in [3.05, 3.63) is 131 Å². The van der Waals surface area contributed by atoms with E-state index in [4.69, 9.17) is 0 Å². The van der Waals surface area contributed by atoms with Gasteiger partial charge in [-0.3, -0.25) is 9.69 Å². The van der Waals surface area contributed by atoms with Crippen LogP contribution in [0.2, 0.25) is 0 Å². The molecule has 0 bridgehead atoms. The molecule has 0 spiro atoms. The van der Waals surface area contributed by atoms with Crippen molar-refractivity contribution in [2.24, 2.45) is 0 Å². The number of nitrogens with zero attached hydrogens (tertiary/aromatic N) is 1. The van der Waals surface area contributed by atoms with Crippen molar-refractivity contribution in [2.75, 3.05) is 0 Å². The van der Waals surface area contributed by atoms with Crippen molar-refractivity contribution < 1.29 is 18.7 Å². The molecule has 4 rings (SSSR count). The molecule has 0 saturated heterocycles. The zero-order valence-electron chi connectivity index (χ0n) is 19.4. The van der Waals surface area contributed by atoms with Gasteiger partial charge in [-0.05, 0) is 41.3 Å². The molecule has 0 aliphatic heterocycles. The van der Waals surface area contributed by atoms with E-state index in [-0.39, 0.29) is 18.0 Å². The number of carbonyl (C=O) groups is 1. The number of benzene rings is 4. The maximum Gasteiger partial charge on any atom is 0.305 e. The number of carboxylic acid groups (broad SMARTS) is 1. The van der Waals surface area contributed by atoms with Crippen LogP contribution in [-0.4, -0.2) is 16.0 Å². The second-order valence-corrected chi connectivity index (χ2v) is 8.59. The minimum atomic E-state index is -0.935. The Morgan fingerprint density at radius 2 is 1.46 bits per heavy atom. The third kappa shape index (κ3) is 5.81. The van der Waals surface area contributed by atoms with Crippen molar-refractivity contribution in [3.63, 3.8) is 0 Å². The molecule has 35 heavy (non-hydrogen) atoms. The van der Waals surface area contributed by atoms with Gasteiger partial charge in [0.25, 0.3) is 0 Å². The molecule has 1 N–H and O–H groups in total. The van der Waals surface area contributed by atoms with Crippen LogP contribution in [0.4, 0.5) is 8.78 Å². The lowest BCUT2D eigenvalue weighted by molar-refractivity contribution is -0.138. The zero-order valence-corrected chi connectivity index (χ0v) is 19.4. The van der Waals surface area contributed by atoms with Crippen LogP contribution < -0.4 is 0 Å². The van der Waals surface area contributed by atoms with Crippen molar-refractivity contribution in [1.29, 1.82) is 0 Å². The lowest BCUT2D eigenvalue weighted by atomic mass is 9.94. The number of halogens is 2. The summed E-state index contributed by atoms with van der Waals surface area (Å²) in [4.78, 5) is 14.2. The van der Waals surface area contributed by atoms with Crippen LogP contribution in [0.3, 0.4) is 0 Å². The molecule has 0 heterocycles. The Bertz CT molecular complexity index is 1280. The molecular formula is C30H27F2NO2. The van der Waals surface area contributed by atoms with Crippen molar-refractivity contribution in [2.45, 2.75) is 32.0 Å². The molecule has 178 valence electrons. The minimum absolute atomic E-state index is 0.102. The molecule has 4 aromatic carbocycles. The predicted molar refractivity (Wildman–Crippen MR) is 134 cm³/mol. The fraction of sp³-hybridized carbons (Fsp3) is 0.167. The van der Waals surface area contributed by atoms with E-state index in [2.05, 4.69) is 11.8 Å². The Balaban J connectivity index is 1.80. The number of rotatable bonds is 9. The van der Waals surface area contributed by atoms with Gasteiger partial charge in [0.05, 0.1) is 6.42 Å². The van der Waals surface area contributed by atoms with E-state index < -0.39 is 23.6 Å². The van der Waals surface area contributed by atoms with Gasteiger partial charge in [0, 0.05) is 24.2 Å². The van der Waals surface area contributed by atoms with Crippen molar-refractivity contribution in [3.8, 4) is 11.1 Å². The van der Waals surface area contributed by atoms with Crippen LogP contribution in [0.25, 0.3) is 11.1 Å². The first kappa shape index (κ1) is 24.3. The molecule has 1 unspecified atom stereocenters. The highest BCUT2D eigenvalue weighted by Crippen LogP contribution is 2.36. The van der Waals surface area contributed by atoms with Gasteiger partial charge in [-0.15, -0.1) is 0 Å². The Labute approximate surface area is 204 Å². The molecule has 4 aromatic rings. The second kappa shape index (κ2) is 11.1. The first-order valence-electron chi connectivity index (χ1n) is 11.5. The zero-order chi connectivity index (χ0) is 24.8. The summed E-state index contributed by atoms with van der Waals surface area (Å²) in [5, 5.41) is 9.84. The maximum atomic E-state index is 14.5. The summed E-state index contributed by atoms with van der Waals surface area (Å²) >= 11 is 0. The van der Waals surface area contributed by atoms with E-state index >= 15 is 0 Å². The van der Waals surface area contributed by atoms with Gasteiger partial charge in [0.1, 0.15) is 0 Å². The largest absolute Gasteiger partial charge is 0.481 e. The summed E-state index contributed by atoms with van der Waals surface area (Å²) in [7, 11) is 0. The molecule has 3 nitrogen and oxygen atoms in total. The summed E-state index contributed by atoms with van der Waals surface area (Å²) < 4.78 is 28.4. The van der Waals surface area contributed by atoms with Gasteiger partial charge in [-0.2, -0.15) is 0 Å². The van der Waals surface area contributed by atoms with Crippen molar-refractivity contribution in [1.82, 2.24) is 4.90 Å². The van der Waals surface area contributed by atoms with Crippen LogP contribution in [0.5, 0.6) is 0 Å². The third-order valence-corrected chi connectivity index (χ3v) is 6.29. The summed E-state index contributed by atoms with van der Waals surface area (Å²) in [6.07, 6.45) is -0.140. The average Bonchev–Trinajstić information content (AvgIpc) is 2.88. The van der Waals surface area contributed by atoms with Crippen molar-refractivity contribution >= 4 is 5.97 Å². The highest BCUT2D eigenvalue weighted by molar-refractivity contribution is 5.69. The van der Waals surface area contributed by atoms with Gasteiger partial charge >= 0.3 is 5.97 Å². The molecule has 5 heteroatoms. The van der Waals surface area contributed by atoms with Gasteiger partial charge in [0.15, 0.2) is 11.6 Å². The molecule has 0 aliphatic rings. The number of hydrogen-bond donors (Lipinski definition) is 1. The van der Waals surface area contributed by atoms with Crippen LogP contribution in [0.15, 0.2) is 103 Å². The van der Waals surface area contributed by atoms with Gasteiger partial charge < -0.3 is 5.11 Å². The van der Waals surface area contributed by atoms with Crippen LogP contribution >= 0.6 is 0 Å². The van der Waals surface area contributed by atoms with E-state index in [0.29, 0.717) is 12.1 Å². The number of hydrogen-bond acceptors (Lipinski definition) is 2. The topological polar surface area (TPSA) is 40.5 Å². The standard InChI is InChI=1S/C30H27F2NO2/c1-21(23-12-6-3-7-13-23)33(20-22-10-4-2-5-11-22)28(19-29(34)35)25-15-8-14-24(18-25)26-16-9-17-27(31)30(26)32/h2-18,21,28H,19-20H2,1H3,(H,34,35)/t21-,28?/m1/s1. The summed E-state index contributed by atoms with van der Waals surface area (Å²) in [6, 6.07) is 30.4. The molecule has 0 amide bonds. The van der Waals surface area contributed by atoms with E-state index in [0.717, 1.165) is 22.8 Å². The summed E-state index contributed by atoms with van der Waals surface area (Å²) in [5.74, 6) is -2.77. The van der Waals surface area contributed by atoms with Gasteiger partial charge in [-0.25, -0.2) is 8.78 Å². The minimum Gasteiger partial charge on any atom is -0.481 e. The number of carboxylic acids is 1. The predicted octanol–water partition coefficient (Wildman–Crippen LogP) is 7.41. The normalized spacial score (nSPS) is 12.9. The van der Waals surface area contributed by atoms with Gasteiger partial charge in [-0.1, -0.05) is 91.0 Å². The summed E-state index contributed by atoms with van der Waals surface area (Å²) in [5.41, 5.74) is 3.49. The molecule has 0 aliphatic carbocycles. The highest BCUT2D eigenvalue weighted by Gasteiger charge is 2.29. The maximum absolute atomic E-state index is 14.5. The monoisotopic (exact) mass is 471 g/mol. The lowest BCUT2D eigenvalue weighted by Crippen LogP contribution is -2.32. The Kier molecular flexibility index (Phi) is 7.68. The third-order valence-electron chi connectivity index (χ3n) is 6.29. The van der Waals surface area contributed by atoms with Gasteiger partial charge in [0.2, 0.25) is 0 Å². The Hall–Kier alpha value is -3.83. The lowest BCUT2D eigenvalue weighted by Gasteiger charge is -2.37. The molecule has 0 aromatic heterocycles. The van der Waals surface area contributed by atoms with Crippen LogP contribution in [0, 0.1) is 11.6 Å². The smallest absolute Gasteiger partial charge is 0.305 e. The van der Waals surface area contributed by atoms with Crippen LogP contribution in [-0.2, 0) is 11.3 Å². The van der Waals surface area contributed by atoms with Crippen LogP contribution in [0.1, 0.15) is 42.1 Å². The molecule has 0 saturated carbocycles. The Morgan fingerprint density at radius 3 is 2.14 bits per heavy atom. The molecule has 2 atom stereocenters. The quantitative estimate of drug-likeness (QED) is 0.276.